The summed E-state index contributed by atoms with van der Waals surface area (Å²) < 4.78 is 16.9. The number of carbonyl (C=O) groups excluding carboxylic acids is 3. The van der Waals surface area contributed by atoms with Crippen LogP contribution >= 0.6 is 0 Å². The summed E-state index contributed by atoms with van der Waals surface area (Å²) in [6.07, 6.45) is 82.6. The van der Waals surface area contributed by atoms with Crippen LogP contribution in [0.5, 0.6) is 0 Å². The molecule has 0 N–H and O–H groups in total. The van der Waals surface area contributed by atoms with Crippen molar-refractivity contribution in [1.29, 1.82) is 0 Å². The fourth-order valence-electron chi connectivity index (χ4n) is 8.65. The van der Waals surface area contributed by atoms with Crippen molar-refractivity contribution in [2.75, 3.05) is 13.2 Å². The number of esters is 3. The zero-order valence-electron chi connectivity index (χ0n) is 48.6. The van der Waals surface area contributed by atoms with Crippen LogP contribution in [0.4, 0.5) is 0 Å². The van der Waals surface area contributed by atoms with Gasteiger partial charge < -0.3 is 14.2 Å². The van der Waals surface area contributed by atoms with Crippen LogP contribution in [0.25, 0.3) is 0 Å². The van der Waals surface area contributed by atoms with Gasteiger partial charge in [0.1, 0.15) is 13.2 Å². The predicted molar refractivity (Wildman–Crippen MR) is 320 cm³/mol. The quantitative estimate of drug-likeness (QED) is 0.0261. The van der Waals surface area contributed by atoms with Gasteiger partial charge in [-0.1, -0.05) is 272 Å². The lowest BCUT2D eigenvalue weighted by molar-refractivity contribution is -0.167. The minimum atomic E-state index is -0.791. The molecule has 0 saturated heterocycles. The molecule has 0 aliphatic carbocycles. The molecule has 0 aliphatic rings. The summed E-state index contributed by atoms with van der Waals surface area (Å²) in [5, 5.41) is 0. The van der Waals surface area contributed by atoms with Gasteiger partial charge in [-0.2, -0.15) is 0 Å². The average Bonchev–Trinajstić information content (AvgIpc) is 3.40. The summed E-state index contributed by atoms with van der Waals surface area (Å²) in [5.74, 6) is -0.908. The summed E-state index contributed by atoms with van der Waals surface area (Å²) in [6, 6.07) is 0. The van der Waals surface area contributed by atoms with Gasteiger partial charge in [-0.25, -0.2) is 0 Å². The molecule has 0 rings (SSSR count). The van der Waals surface area contributed by atoms with Crippen molar-refractivity contribution < 1.29 is 28.6 Å². The lowest BCUT2D eigenvalue weighted by Gasteiger charge is -2.18. The van der Waals surface area contributed by atoms with E-state index < -0.39 is 6.10 Å². The van der Waals surface area contributed by atoms with Crippen molar-refractivity contribution in [3.8, 4) is 0 Å². The first-order chi connectivity index (χ1) is 36.5. The van der Waals surface area contributed by atoms with Crippen LogP contribution in [0.15, 0.2) is 97.2 Å². The zero-order valence-corrected chi connectivity index (χ0v) is 48.6. The van der Waals surface area contributed by atoms with Gasteiger partial charge in [-0.15, -0.1) is 0 Å². The molecule has 1 atom stereocenters. The van der Waals surface area contributed by atoms with Gasteiger partial charge in [0.15, 0.2) is 6.10 Å². The second-order valence-corrected chi connectivity index (χ2v) is 20.6. The normalized spacial score (nSPS) is 12.7. The molecule has 0 radical (unpaired) electrons. The van der Waals surface area contributed by atoms with Crippen LogP contribution in [0.3, 0.4) is 0 Å². The van der Waals surface area contributed by atoms with Gasteiger partial charge in [0.05, 0.1) is 0 Å². The Kier molecular flexibility index (Phi) is 58.8. The molecule has 0 bridgehead atoms. The first kappa shape index (κ1) is 70.3. The van der Waals surface area contributed by atoms with Crippen molar-refractivity contribution in [3.05, 3.63) is 97.2 Å². The van der Waals surface area contributed by atoms with Crippen LogP contribution < -0.4 is 0 Å². The number of hydrogen-bond acceptors (Lipinski definition) is 6. The third-order valence-electron chi connectivity index (χ3n) is 13.3. The van der Waals surface area contributed by atoms with Crippen molar-refractivity contribution in [3.63, 3.8) is 0 Å². The van der Waals surface area contributed by atoms with Crippen LogP contribution in [0, 0.1) is 0 Å². The summed E-state index contributed by atoms with van der Waals surface area (Å²) >= 11 is 0. The molecule has 6 nitrogen and oxygen atoms in total. The van der Waals surface area contributed by atoms with Gasteiger partial charge in [0, 0.05) is 19.3 Å². The lowest BCUT2D eigenvalue weighted by Crippen LogP contribution is -2.30. The molecule has 0 aliphatic heterocycles. The molecule has 0 aromatic rings. The van der Waals surface area contributed by atoms with Crippen molar-refractivity contribution in [2.45, 2.75) is 303 Å². The van der Waals surface area contributed by atoms with E-state index in [0.29, 0.717) is 19.3 Å². The smallest absolute Gasteiger partial charge is 0.306 e. The highest BCUT2D eigenvalue weighted by atomic mass is 16.6. The molecule has 0 fully saturated rings. The summed E-state index contributed by atoms with van der Waals surface area (Å²) in [5.41, 5.74) is 0. The highest BCUT2D eigenvalue weighted by Gasteiger charge is 2.19. The van der Waals surface area contributed by atoms with Gasteiger partial charge in [0.25, 0.3) is 0 Å². The summed E-state index contributed by atoms with van der Waals surface area (Å²) in [4.78, 5) is 38.3. The second-order valence-electron chi connectivity index (χ2n) is 20.6. The van der Waals surface area contributed by atoms with Gasteiger partial charge in [-0.05, 0) is 103 Å². The Balaban J connectivity index is 4.39. The molecule has 0 heterocycles. The van der Waals surface area contributed by atoms with E-state index >= 15 is 0 Å². The van der Waals surface area contributed by atoms with E-state index in [1.807, 2.05) is 0 Å². The highest BCUT2D eigenvalue weighted by molar-refractivity contribution is 5.71. The van der Waals surface area contributed by atoms with E-state index in [-0.39, 0.29) is 31.1 Å². The first-order valence-electron chi connectivity index (χ1n) is 31.2. The fourth-order valence-corrected chi connectivity index (χ4v) is 8.65. The Morgan fingerprint density at radius 2 is 0.527 bits per heavy atom. The fraction of sp³-hybridized carbons (Fsp3) is 0.721. The molecule has 424 valence electrons. The standard InChI is InChI=1S/C68H116O6/c1-4-7-10-13-16-19-22-25-27-29-31-33-34-36-37-39-41-43-46-49-52-55-58-61-67(70)73-64-65(63-72-66(69)60-57-54-51-48-45-24-21-18-15-12-9-6-3)74-68(71)62-59-56-53-50-47-44-42-40-38-35-32-30-28-26-23-20-17-14-11-8-5-2/h7,10,16,19,23,25-27,30-33,36-37,41,43,65H,4-6,8-9,11-15,17-18,20-22,24,28-29,34-35,38-40,42,44-64H2,1-3H3/b10-7-,19-16-,26-23-,27-25-,32-30-,33-31-,37-36-,43-41-. The monoisotopic (exact) mass is 1030 g/mol. The van der Waals surface area contributed by atoms with Crippen LogP contribution in [0.2, 0.25) is 0 Å². The number of ether oxygens (including phenoxy) is 3. The number of carbonyl (C=O) groups is 3. The summed E-state index contributed by atoms with van der Waals surface area (Å²) in [7, 11) is 0. The number of rotatable bonds is 56. The minimum absolute atomic E-state index is 0.0857. The molecular formula is C68H116O6. The third-order valence-corrected chi connectivity index (χ3v) is 13.3. The Morgan fingerprint density at radius 3 is 0.824 bits per heavy atom. The molecule has 0 saturated carbocycles. The minimum Gasteiger partial charge on any atom is -0.462 e. The maximum atomic E-state index is 12.9. The van der Waals surface area contributed by atoms with Crippen molar-refractivity contribution in [2.24, 2.45) is 0 Å². The van der Waals surface area contributed by atoms with Crippen LogP contribution in [-0.2, 0) is 28.6 Å². The maximum absolute atomic E-state index is 12.9. The van der Waals surface area contributed by atoms with E-state index in [1.165, 1.54) is 141 Å². The van der Waals surface area contributed by atoms with E-state index in [4.69, 9.17) is 14.2 Å². The Morgan fingerprint density at radius 1 is 0.284 bits per heavy atom. The summed E-state index contributed by atoms with van der Waals surface area (Å²) in [6.45, 7) is 6.51. The molecule has 0 spiro atoms. The van der Waals surface area contributed by atoms with E-state index in [1.54, 1.807) is 0 Å². The Hall–Kier alpha value is -3.67. The number of hydrogen-bond donors (Lipinski definition) is 0. The first-order valence-corrected chi connectivity index (χ1v) is 31.2. The van der Waals surface area contributed by atoms with Gasteiger partial charge in [0.2, 0.25) is 0 Å². The lowest BCUT2D eigenvalue weighted by atomic mass is 10.0. The molecule has 74 heavy (non-hydrogen) atoms. The Labute approximate surface area is 457 Å². The van der Waals surface area contributed by atoms with Gasteiger partial charge >= 0.3 is 17.9 Å². The third kappa shape index (κ3) is 59.2. The Bertz CT molecular complexity index is 1460. The molecular weight excluding hydrogens is 913 g/mol. The van der Waals surface area contributed by atoms with E-state index in [0.717, 1.165) is 116 Å². The number of allylic oxidation sites excluding steroid dienone is 16. The molecule has 6 heteroatoms. The topological polar surface area (TPSA) is 78.9 Å². The van der Waals surface area contributed by atoms with E-state index in [9.17, 15) is 14.4 Å². The predicted octanol–water partition coefficient (Wildman–Crippen LogP) is 21.3. The molecule has 0 amide bonds. The zero-order chi connectivity index (χ0) is 53.6. The highest BCUT2D eigenvalue weighted by Crippen LogP contribution is 2.16. The van der Waals surface area contributed by atoms with Crippen LogP contribution in [0.1, 0.15) is 297 Å². The number of unbranched alkanes of at least 4 members (excludes halogenated alkanes) is 29. The largest absolute Gasteiger partial charge is 0.462 e. The maximum Gasteiger partial charge on any atom is 0.306 e. The average molecular weight is 1030 g/mol. The van der Waals surface area contributed by atoms with Crippen molar-refractivity contribution >= 4 is 17.9 Å². The van der Waals surface area contributed by atoms with Crippen molar-refractivity contribution in [1.82, 2.24) is 0 Å². The van der Waals surface area contributed by atoms with Gasteiger partial charge in [-0.3, -0.25) is 14.4 Å². The second kappa shape index (κ2) is 61.9. The van der Waals surface area contributed by atoms with E-state index in [2.05, 4.69) is 118 Å². The molecule has 0 aromatic heterocycles. The molecule has 1 unspecified atom stereocenters. The molecule has 0 aromatic carbocycles. The SMILES string of the molecule is CC/C=C\C/C=C\C/C=C\C/C=C\C/C=C\C/C=C\CCCCCCC(=O)OCC(COC(=O)CCCCCCCCCCCCCC)OC(=O)CCCCCCCCCCC/C=C\C/C=C\CCCCCCC. The van der Waals surface area contributed by atoms with Crippen LogP contribution in [-0.4, -0.2) is 37.2 Å².